The molecule has 0 spiro atoms. The normalized spacial score (nSPS) is 17.1. The molecular weight excluding hydrogens is 392 g/mol. The van der Waals surface area contributed by atoms with Crippen LogP contribution in [0.3, 0.4) is 0 Å². The minimum atomic E-state index is 0.0777. The monoisotopic (exact) mass is 430 g/mol. The van der Waals surface area contributed by atoms with Gasteiger partial charge in [-0.1, -0.05) is 64.0 Å². The number of nitrogens with zero attached hydrogens (tertiary/aromatic N) is 4. The van der Waals surface area contributed by atoms with Crippen LogP contribution in [0.25, 0.3) is 10.2 Å². The van der Waals surface area contributed by atoms with Gasteiger partial charge >= 0.3 is 6.03 Å². The molecule has 1 aromatic heterocycles. The summed E-state index contributed by atoms with van der Waals surface area (Å²) in [6, 6.07) is 6.54. The van der Waals surface area contributed by atoms with Gasteiger partial charge in [-0.2, -0.15) is 0 Å². The standard InChI is InChI=1S/C24H38N4OS/c1-5-9-12-19-13-11-14-20-22(19)30-23(25-20)28-21(26(15-7-3)16-8-4)18-27(24(28)29)17-10-6-2/h11,13-14,21H,5-10,12,15-18H2,1-4H3. The second kappa shape index (κ2) is 11.1. The molecule has 1 fully saturated rings. The molecule has 6 heteroatoms. The van der Waals surface area contributed by atoms with E-state index in [-0.39, 0.29) is 12.2 Å². The van der Waals surface area contributed by atoms with Crippen LogP contribution < -0.4 is 4.90 Å². The second-order valence-electron chi connectivity index (χ2n) is 8.33. The van der Waals surface area contributed by atoms with Gasteiger partial charge in [-0.3, -0.25) is 9.80 Å². The van der Waals surface area contributed by atoms with E-state index in [9.17, 15) is 4.79 Å². The molecule has 1 aromatic carbocycles. The summed E-state index contributed by atoms with van der Waals surface area (Å²) in [7, 11) is 0. The number of carbonyl (C=O) groups excluding carboxylic acids is 1. The summed E-state index contributed by atoms with van der Waals surface area (Å²) in [5.41, 5.74) is 2.39. The first kappa shape index (κ1) is 23.0. The summed E-state index contributed by atoms with van der Waals surface area (Å²) in [5.74, 6) is 0. The highest BCUT2D eigenvalue weighted by atomic mass is 32.1. The molecule has 1 saturated heterocycles. The number of hydrogen-bond acceptors (Lipinski definition) is 4. The molecule has 166 valence electrons. The second-order valence-corrected chi connectivity index (χ2v) is 9.31. The van der Waals surface area contributed by atoms with Crippen LogP contribution >= 0.6 is 11.3 Å². The lowest BCUT2D eigenvalue weighted by Gasteiger charge is -2.32. The maximum Gasteiger partial charge on any atom is 0.327 e. The van der Waals surface area contributed by atoms with E-state index in [1.807, 2.05) is 9.80 Å². The van der Waals surface area contributed by atoms with Gasteiger partial charge in [0.15, 0.2) is 5.13 Å². The number of benzene rings is 1. The fraction of sp³-hybridized carbons (Fsp3) is 0.667. The van der Waals surface area contributed by atoms with Gasteiger partial charge in [0.05, 0.1) is 16.8 Å². The topological polar surface area (TPSA) is 39.7 Å². The number of aryl methyl sites for hydroxylation is 1. The van der Waals surface area contributed by atoms with Gasteiger partial charge in [-0.15, -0.1) is 0 Å². The van der Waals surface area contributed by atoms with Gasteiger partial charge < -0.3 is 4.90 Å². The van der Waals surface area contributed by atoms with E-state index < -0.39 is 0 Å². The van der Waals surface area contributed by atoms with Gasteiger partial charge in [0.1, 0.15) is 6.17 Å². The minimum Gasteiger partial charge on any atom is -0.321 e. The van der Waals surface area contributed by atoms with Crippen molar-refractivity contribution in [3.05, 3.63) is 23.8 Å². The molecule has 0 radical (unpaired) electrons. The van der Waals surface area contributed by atoms with Crippen molar-refractivity contribution in [2.75, 3.05) is 31.1 Å². The van der Waals surface area contributed by atoms with E-state index >= 15 is 0 Å². The Bertz CT molecular complexity index is 815. The molecule has 1 atom stereocenters. The molecule has 0 bridgehead atoms. The molecule has 1 aliphatic heterocycles. The third-order valence-corrected chi connectivity index (χ3v) is 7.02. The number of amides is 2. The lowest BCUT2D eigenvalue weighted by molar-refractivity contribution is 0.192. The Balaban J connectivity index is 1.97. The summed E-state index contributed by atoms with van der Waals surface area (Å²) in [5, 5.41) is 0.861. The Labute approximate surface area is 186 Å². The van der Waals surface area contributed by atoms with Crippen LogP contribution in [0.4, 0.5) is 9.93 Å². The largest absolute Gasteiger partial charge is 0.327 e. The predicted molar refractivity (Wildman–Crippen MR) is 129 cm³/mol. The summed E-state index contributed by atoms with van der Waals surface area (Å²) < 4.78 is 1.25. The van der Waals surface area contributed by atoms with Crippen LogP contribution in [-0.2, 0) is 6.42 Å². The summed E-state index contributed by atoms with van der Waals surface area (Å²) in [6.07, 6.45) is 7.86. The summed E-state index contributed by atoms with van der Waals surface area (Å²) in [4.78, 5) is 24.9. The third kappa shape index (κ3) is 4.97. The average Bonchev–Trinajstić information content (AvgIpc) is 3.31. The Morgan fingerprint density at radius 2 is 1.80 bits per heavy atom. The first-order valence-electron chi connectivity index (χ1n) is 11.8. The van der Waals surface area contributed by atoms with E-state index in [4.69, 9.17) is 4.98 Å². The van der Waals surface area contributed by atoms with Crippen molar-refractivity contribution in [2.24, 2.45) is 0 Å². The summed E-state index contributed by atoms with van der Waals surface area (Å²) in [6.45, 7) is 12.5. The van der Waals surface area contributed by atoms with E-state index in [1.54, 1.807) is 11.3 Å². The van der Waals surface area contributed by atoms with E-state index in [2.05, 4.69) is 50.8 Å². The van der Waals surface area contributed by atoms with Crippen LogP contribution in [0.5, 0.6) is 0 Å². The smallest absolute Gasteiger partial charge is 0.321 e. The van der Waals surface area contributed by atoms with E-state index in [0.717, 1.165) is 68.9 Å². The number of hydrogen-bond donors (Lipinski definition) is 0. The van der Waals surface area contributed by atoms with Crippen LogP contribution in [0.1, 0.15) is 71.8 Å². The molecule has 0 N–H and O–H groups in total. The highest BCUT2D eigenvalue weighted by molar-refractivity contribution is 7.22. The molecule has 0 saturated carbocycles. The van der Waals surface area contributed by atoms with Gasteiger partial charge in [0, 0.05) is 6.54 Å². The number of thiazole rings is 1. The zero-order valence-electron chi connectivity index (χ0n) is 19.2. The maximum absolute atomic E-state index is 13.5. The van der Waals surface area contributed by atoms with Gasteiger partial charge in [-0.25, -0.2) is 9.78 Å². The molecular formula is C24H38N4OS. The Morgan fingerprint density at radius 3 is 2.47 bits per heavy atom. The average molecular weight is 431 g/mol. The highest BCUT2D eigenvalue weighted by Gasteiger charge is 2.42. The first-order chi connectivity index (χ1) is 14.6. The molecule has 1 aliphatic rings. The summed E-state index contributed by atoms with van der Waals surface area (Å²) >= 11 is 1.70. The lowest BCUT2D eigenvalue weighted by atomic mass is 10.1. The molecule has 2 amide bonds. The maximum atomic E-state index is 13.5. The van der Waals surface area contributed by atoms with Crippen LogP contribution in [0.2, 0.25) is 0 Å². The number of unbranched alkanes of at least 4 members (excludes halogenated alkanes) is 2. The van der Waals surface area contributed by atoms with Crippen molar-refractivity contribution in [3.8, 4) is 0 Å². The zero-order chi connectivity index (χ0) is 21.5. The fourth-order valence-corrected chi connectivity index (χ4v) is 5.45. The fourth-order valence-electron chi connectivity index (χ4n) is 4.31. The molecule has 30 heavy (non-hydrogen) atoms. The van der Waals surface area contributed by atoms with Crippen molar-refractivity contribution in [1.82, 2.24) is 14.8 Å². The number of carbonyl (C=O) groups is 1. The Kier molecular flexibility index (Phi) is 8.51. The van der Waals surface area contributed by atoms with Crippen LogP contribution in [0.15, 0.2) is 18.2 Å². The molecule has 1 unspecified atom stereocenters. The number of urea groups is 1. The van der Waals surface area contributed by atoms with Crippen molar-refractivity contribution in [1.29, 1.82) is 0 Å². The lowest BCUT2D eigenvalue weighted by Crippen LogP contribution is -2.48. The number of rotatable bonds is 12. The molecule has 5 nitrogen and oxygen atoms in total. The van der Waals surface area contributed by atoms with Crippen LogP contribution in [0, 0.1) is 0 Å². The highest BCUT2D eigenvalue weighted by Crippen LogP contribution is 2.36. The van der Waals surface area contributed by atoms with Gasteiger partial charge in [0.2, 0.25) is 0 Å². The van der Waals surface area contributed by atoms with Crippen molar-refractivity contribution >= 4 is 32.7 Å². The third-order valence-electron chi connectivity index (χ3n) is 5.87. The SMILES string of the molecule is CCCCc1cccc2nc(N3C(=O)N(CCCC)CC3N(CCC)CCC)sc12. The minimum absolute atomic E-state index is 0.0777. The van der Waals surface area contributed by atoms with E-state index in [0.29, 0.717) is 0 Å². The van der Waals surface area contributed by atoms with Crippen molar-refractivity contribution < 1.29 is 4.79 Å². The molecule has 3 rings (SSSR count). The molecule has 2 heterocycles. The first-order valence-corrected chi connectivity index (χ1v) is 12.7. The van der Waals surface area contributed by atoms with Crippen LogP contribution in [-0.4, -0.2) is 53.2 Å². The van der Waals surface area contributed by atoms with Gasteiger partial charge in [0.25, 0.3) is 0 Å². The van der Waals surface area contributed by atoms with Crippen molar-refractivity contribution in [3.63, 3.8) is 0 Å². The Morgan fingerprint density at radius 1 is 1.07 bits per heavy atom. The number of aromatic nitrogens is 1. The number of fused-ring (bicyclic) bond motifs is 1. The molecule has 0 aliphatic carbocycles. The van der Waals surface area contributed by atoms with E-state index in [1.165, 1.54) is 23.1 Å². The Hall–Kier alpha value is -1.66. The number of anilines is 1. The zero-order valence-corrected chi connectivity index (χ0v) is 20.0. The predicted octanol–water partition coefficient (Wildman–Crippen LogP) is 6.13. The molecule has 2 aromatic rings. The van der Waals surface area contributed by atoms with Crippen molar-refractivity contribution in [2.45, 2.75) is 78.8 Å². The van der Waals surface area contributed by atoms with Gasteiger partial charge in [-0.05, 0) is 56.8 Å². The quantitative estimate of drug-likeness (QED) is 0.407.